The number of amides is 1. The molecule has 1 amide bonds. The molecule has 0 bridgehead atoms. The Morgan fingerprint density at radius 2 is 2.04 bits per heavy atom. The fourth-order valence-electron chi connectivity index (χ4n) is 2.82. The van der Waals surface area contributed by atoms with Crippen molar-refractivity contribution in [2.75, 3.05) is 13.7 Å². The molecule has 3 rings (SSSR count). The van der Waals surface area contributed by atoms with Gasteiger partial charge in [-0.25, -0.2) is 13.6 Å². The third-order valence-corrected chi connectivity index (χ3v) is 4.20. The average molecular weight is 339 g/mol. The predicted octanol–water partition coefficient (Wildman–Crippen LogP) is 3.80. The number of halogens is 3. The number of nitrogens with zero attached hydrogens (tertiary/aromatic N) is 2. The number of hydrogen-bond acceptors (Lipinski definition) is 3. The van der Waals surface area contributed by atoms with Crippen molar-refractivity contribution in [2.45, 2.75) is 13.0 Å². The Morgan fingerprint density at radius 1 is 1.26 bits per heavy atom. The van der Waals surface area contributed by atoms with Gasteiger partial charge in [-0.2, -0.15) is 0 Å². The van der Waals surface area contributed by atoms with E-state index < -0.39 is 11.9 Å². The lowest BCUT2D eigenvalue weighted by atomic mass is 9.91. The summed E-state index contributed by atoms with van der Waals surface area (Å²) in [4.78, 5) is 16.9. The van der Waals surface area contributed by atoms with Crippen LogP contribution in [0.25, 0.3) is 11.1 Å². The summed E-state index contributed by atoms with van der Waals surface area (Å²) < 4.78 is 33.0. The van der Waals surface area contributed by atoms with Crippen LogP contribution in [0.3, 0.4) is 0 Å². The van der Waals surface area contributed by atoms with Crippen molar-refractivity contribution in [1.82, 2.24) is 9.88 Å². The van der Waals surface area contributed by atoms with Gasteiger partial charge in [-0.3, -0.25) is 4.98 Å². The molecule has 0 saturated heterocycles. The first-order valence-electron chi connectivity index (χ1n) is 6.95. The van der Waals surface area contributed by atoms with Crippen LogP contribution >= 0.6 is 11.6 Å². The molecule has 0 unspecified atom stereocenters. The van der Waals surface area contributed by atoms with E-state index in [0.29, 0.717) is 29.7 Å². The standard InChI is InChI=1S/C16H13ClF2N2O2/c1-23-16(22)21-5-4-9-11(8-21)10(2-3-13(9)18)15-12(17)6-20-7-14(15)19/h2-3,6-7H,4-5,8H2,1H3. The number of methoxy groups -OCH3 is 1. The molecule has 120 valence electrons. The number of carbonyl (C=O) groups is 1. The maximum absolute atomic E-state index is 14.2. The Kier molecular flexibility index (Phi) is 4.17. The first-order valence-corrected chi connectivity index (χ1v) is 7.33. The first-order chi connectivity index (χ1) is 11.0. The molecular formula is C16H13ClF2N2O2. The van der Waals surface area contributed by atoms with Crippen molar-refractivity contribution in [3.63, 3.8) is 0 Å². The number of pyridine rings is 1. The second-order valence-electron chi connectivity index (χ2n) is 5.17. The van der Waals surface area contributed by atoms with Crippen molar-refractivity contribution >= 4 is 17.7 Å². The molecule has 7 heteroatoms. The summed E-state index contributed by atoms with van der Waals surface area (Å²) in [5, 5.41) is 0.133. The summed E-state index contributed by atoms with van der Waals surface area (Å²) >= 11 is 6.07. The molecule has 1 aromatic carbocycles. The van der Waals surface area contributed by atoms with Gasteiger partial charge in [0.2, 0.25) is 0 Å². The highest BCUT2D eigenvalue weighted by Gasteiger charge is 2.27. The van der Waals surface area contributed by atoms with Gasteiger partial charge in [0.1, 0.15) is 5.82 Å². The Hall–Kier alpha value is -2.21. The van der Waals surface area contributed by atoms with E-state index in [1.165, 1.54) is 30.3 Å². The lowest BCUT2D eigenvalue weighted by Gasteiger charge is -2.29. The van der Waals surface area contributed by atoms with Crippen LogP contribution in [-0.2, 0) is 17.7 Å². The SMILES string of the molecule is COC(=O)N1CCc2c(F)ccc(-c3c(F)cncc3Cl)c2C1. The molecule has 23 heavy (non-hydrogen) atoms. The molecule has 0 spiro atoms. The molecule has 0 N–H and O–H groups in total. The number of fused-ring (bicyclic) bond motifs is 1. The van der Waals surface area contributed by atoms with Gasteiger partial charge in [-0.15, -0.1) is 0 Å². The van der Waals surface area contributed by atoms with E-state index >= 15 is 0 Å². The van der Waals surface area contributed by atoms with Crippen molar-refractivity contribution < 1.29 is 18.3 Å². The summed E-state index contributed by atoms with van der Waals surface area (Å²) in [5.41, 5.74) is 1.62. The van der Waals surface area contributed by atoms with E-state index in [9.17, 15) is 13.6 Å². The van der Waals surface area contributed by atoms with Crippen molar-refractivity contribution in [2.24, 2.45) is 0 Å². The Balaban J connectivity index is 2.16. The number of benzene rings is 1. The van der Waals surface area contributed by atoms with Gasteiger partial charge in [0.05, 0.1) is 18.3 Å². The average Bonchev–Trinajstić information content (AvgIpc) is 2.55. The minimum Gasteiger partial charge on any atom is -0.453 e. The zero-order valence-electron chi connectivity index (χ0n) is 12.3. The predicted molar refractivity (Wildman–Crippen MR) is 81.1 cm³/mol. The van der Waals surface area contributed by atoms with Crippen molar-refractivity contribution in [3.05, 3.63) is 52.3 Å². The van der Waals surface area contributed by atoms with E-state index in [1.807, 2.05) is 0 Å². The van der Waals surface area contributed by atoms with Crippen LogP contribution in [-0.4, -0.2) is 29.6 Å². The van der Waals surface area contributed by atoms with Crippen LogP contribution in [0.1, 0.15) is 11.1 Å². The highest BCUT2D eigenvalue weighted by molar-refractivity contribution is 6.33. The molecule has 0 saturated carbocycles. The van der Waals surface area contributed by atoms with Crippen LogP contribution in [0.5, 0.6) is 0 Å². The van der Waals surface area contributed by atoms with E-state index in [1.54, 1.807) is 0 Å². The minimum absolute atomic E-state index is 0.132. The van der Waals surface area contributed by atoms with E-state index in [-0.39, 0.29) is 22.9 Å². The summed E-state index contributed by atoms with van der Waals surface area (Å²) in [6.07, 6.45) is 2.20. The van der Waals surface area contributed by atoms with Gasteiger partial charge in [0.25, 0.3) is 0 Å². The van der Waals surface area contributed by atoms with E-state index in [4.69, 9.17) is 16.3 Å². The maximum atomic E-state index is 14.2. The topological polar surface area (TPSA) is 42.4 Å². The van der Waals surface area contributed by atoms with Crippen molar-refractivity contribution in [3.8, 4) is 11.1 Å². The summed E-state index contributed by atoms with van der Waals surface area (Å²) in [6, 6.07) is 2.76. The van der Waals surface area contributed by atoms with Crippen LogP contribution in [0, 0.1) is 11.6 Å². The van der Waals surface area contributed by atoms with Gasteiger partial charge in [0, 0.05) is 24.8 Å². The van der Waals surface area contributed by atoms with Gasteiger partial charge in [-0.05, 0) is 29.2 Å². The molecule has 4 nitrogen and oxygen atoms in total. The molecule has 1 aliphatic heterocycles. The quantitative estimate of drug-likeness (QED) is 0.794. The second kappa shape index (κ2) is 6.12. The normalized spacial score (nSPS) is 13.7. The third kappa shape index (κ3) is 2.74. The molecule has 0 radical (unpaired) electrons. The number of hydrogen-bond donors (Lipinski definition) is 0. The zero-order valence-corrected chi connectivity index (χ0v) is 13.0. The minimum atomic E-state index is -0.596. The van der Waals surface area contributed by atoms with E-state index in [2.05, 4.69) is 4.98 Å². The van der Waals surface area contributed by atoms with Crippen molar-refractivity contribution in [1.29, 1.82) is 0 Å². The lowest BCUT2D eigenvalue weighted by molar-refractivity contribution is 0.118. The van der Waals surface area contributed by atoms with E-state index in [0.717, 1.165) is 6.20 Å². The van der Waals surface area contributed by atoms with Gasteiger partial charge in [-0.1, -0.05) is 17.7 Å². The number of carbonyl (C=O) groups excluding carboxylic acids is 1. The molecular weight excluding hydrogens is 326 g/mol. The molecule has 1 aliphatic rings. The zero-order chi connectivity index (χ0) is 16.6. The Bertz CT molecular complexity index is 763. The summed E-state index contributed by atoms with van der Waals surface area (Å²) in [5.74, 6) is -0.972. The Morgan fingerprint density at radius 3 is 2.74 bits per heavy atom. The first kappa shape index (κ1) is 15.7. The smallest absolute Gasteiger partial charge is 0.409 e. The molecule has 2 aromatic rings. The molecule has 0 aliphatic carbocycles. The van der Waals surface area contributed by atoms with Gasteiger partial charge in [0.15, 0.2) is 5.82 Å². The molecule has 1 aromatic heterocycles. The highest BCUT2D eigenvalue weighted by Crippen LogP contribution is 2.36. The van der Waals surface area contributed by atoms with Gasteiger partial charge < -0.3 is 9.64 Å². The van der Waals surface area contributed by atoms with Crippen LogP contribution in [0.15, 0.2) is 24.5 Å². The van der Waals surface area contributed by atoms with Crippen LogP contribution in [0.2, 0.25) is 5.02 Å². The highest BCUT2D eigenvalue weighted by atomic mass is 35.5. The monoisotopic (exact) mass is 338 g/mol. The summed E-state index contributed by atoms with van der Waals surface area (Å²) in [7, 11) is 1.28. The number of rotatable bonds is 1. The largest absolute Gasteiger partial charge is 0.453 e. The second-order valence-corrected chi connectivity index (χ2v) is 5.58. The maximum Gasteiger partial charge on any atom is 0.409 e. The van der Waals surface area contributed by atoms with Crippen LogP contribution < -0.4 is 0 Å². The molecule has 0 atom stereocenters. The number of ether oxygens (including phenoxy) is 1. The van der Waals surface area contributed by atoms with Gasteiger partial charge >= 0.3 is 6.09 Å². The third-order valence-electron chi connectivity index (χ3n) is 3.91. The number of aromatic nitrogens is 1. The Labute approximate surface area is 136 Å². The molecule has 0 fully saturated rings. The fraction of sp³-hybridized carbons (Fsp3) is 0.250. The fourth-order valence-corrected chi connectivity index (χ4v) is 3.07. The summed E-state index contributed by atoms with van der Waals surface area (Å²) in [6.45, 7) is 0.472. The van der Waals surface area contributed by atoms with Crippen LogP contribution in [0.4, 0.5) is 13.6 Å². The molecule has 2 heterocycles. The lowest BCUT2D eigenvalue weighted by Crippen LogP contribution is -2.36.